The van der Waals surface area contributed by atoms with Crippen molar-refractivity contribution in [2.75, 3.05) is 7.11 Å². The molecule has 9 heteroatoms. The van der Waals surface area contributed by atoms with Crippen LogP contribution in [0.3, 0.4) is 0 Å². The van der Waals surface area contributed by atoms with E-state index >= 15 is 0 Å². The van der Waals surface area contributed by atoms with Crippen LogP contribution in [-0.4, -0.2) is 39.1 Å². The van der Waals surface area contributed by atoms with Crippen molar-refractivity contribution in [1.82, 2.24) is 20.1 Å². The number of nitrogens with zero attached hydrogens (tertiary/aromatic N) is 3. The van der Waals surface area contributed by atoms with E-state index in [1.807, 2.05) is 24.3 Å². The highest BCUT2D eigenvalue weighted by molar-refractivity contribution is 8.00. The van der Waals surface area contributed by atoms with Crippen LogP contribution in [0.15, 0.2) is 29.4 Å². The minimum Gasteiger partial charge on any atom is -0.497 e. The summed E-state index contributed by atoms with van der Waals surface area (Å²) in [5, 5.41) is 11.1. The number of amides is 3. The van der Waals surface area contributed by atoms with Crippen LogP contribution >= 0.6 is 11.8 Å². The van der Waals surface area contributed by atoms with Gasteiger partial charge in [0.05, 0.1) is 12.4 Å². The molecule has 1 aliphatic rings. The predicted molar refractivity (Wildman–Crippen MR) is 112 cm³/mol. The van der Waals surface area contributed by atoms with Crippen molar-refractivity contribution in [3.05, 3.63) is 24.3 Å². The van der Waals surface area contributed by atoms with E-state index in [4.69, 9.17) is 10.5 Å². The predicted octanol–water partition coefficient (Wildman–Crippen LogP) is 3.38. The van der Waals surface area contributed by atoms with Crippen LogP contribution in [0.2, 0.25) is 0 Å². The Hall–Kier alpha value is -2.55. The lowest BCUT2D eigenvalue weighted by molar-refractivity contribution is -0.119. The first-order chi connectivity index (χ1) is 13.9. The molecular formula is C20H27N5O3S. The van der Waals surface area contributed by atoms with Crippen LogP contribution in [-0.2, 0) is 4.79 Å². The maximum atomic E-state index is 12.2. The number of carbonyl (C=O) groups excluding carboxylic acids is 2. The van der Waals surface area contributed by atoms with Crippen LogP contribution in [0.1, 0.15) is 45.6 Å². The summed E-state index contributed by atoms with van der Waals surface area (Å²) in [6.07, 6.45) is 4.55. The van der Waals surface area contributed by atoms with E-state index in [0.717, 1.165) is 36.4 Å². The molecule has 0 unspecified atom stereocenters. The molecule has 3 N–H and O–H groups in total. The molecule has 1 fully saturated rings. The van der Waals surface area contributed by atoms with Crippen LogP contribution < -0.4 is 15.8 Å². The Bertz CT molecular complexity index is 868. The number of imide groups is 1. The molecule has 0 radical (unpaired) electrons. The van der Waals surface area contributed by atoms with Crippen molar-refractivity contribution in [3.63, 3.8) is 0 Å². The molecule has 2 aromatic rings. The maximum absolute atomic E-state index is 12.2. The summed E-state index contributed by atoms with van der Waals surface area (Å²) < 4.78 is 7.41. The van der Waals surface area contributed by atoms with Gasteiger partial charge in [-0.05, 0) is 49.9 Å². The standard InChI is InChI=1S/C20H27N5O3S/c1-12-6-4-5-7-16(12)25-17(14-8-10-15(28-3)11-9-14)23-24-20(25)29-13(2)18(26)22-19(21)27/h8-13,16H,4-7H2,1-3H3,(H3,21,22,26,27)/t12-,13+,16-/m0/s1. The van der Waals surface area contributed by atoms with E-state index < -0.39 is 17.2 Å². The molecule has 1 heterocycles. The molecule has 1 aromatic heterocycles. The number of nitrogens with one attached hydrogen (secondary N) is 1. The molecule has 1 aliphatic carbocycles. The molecule has 156 valence electrons. The summed E-state index contributed by atoms with van der Waals surface area (Å²) in [4.78, 5) is 23.2. The SMILES string of the molecule is COc1ccc(-c2nnc(S[C@H](C)C(=O)NC(N)=O)n2[C@H]2CCCC[C@@H]2C)cc1. The number of carbonyl (C=O) groups is 2. The van der Waals surface area contributed by atoms with Crippen molar-refractivity contribution in [1.29, 1.82) is 0 Å². The van der Waals surface area contributed by atoms with Gasteiger partial charge >= 0.3 is 6.03 Å². The Balaban J connectivity index is 1.96. The molecule has 0 bridgehead atoms. The maximum Gasteiger partial charge on any atom is 0.318 e. The number of methoxy groups -OCH3 is 1. The van der Waals surface area contributed by atoms with Crippen LogP contribution in [0.25, 0.3) is 11.4 Å². The van der Waals surface area contributed by atoms with Gasteiger partial charge in [-0.15, -0.1) is 10.2 Å². The smallest absolute Gasteiger partial charge is 0.318 e. The van der Waals surface area contributed by atoms with Gasteiger partial charge in [0.2, 0.25) is 5.91 Å². The summed E-state index contributed by atoms with van der Waals surface area (Å²) >= 11 is 1.28. The summed E-state index contributed by atoms with van der Waals surface area (Å²) in [7, 11) is 1.63. The van der Waals surface area contributed by atoms with Gasteiger partial charge in [-0.25, -0.2) is 4.79 Å². The van der Waals surface area contributed by atoms with E-state index in [1.54, 1.807) is 14.0 Å². The minimum absolute atomic E-state index is 0.254. The fourth-order valence-corrected chi connectivity index (χ4v) is 4.61. The van der Waals surface area contributed by atoms with E-state index in [2.05, 4.69) is 27.0 Å². The summed E-state index contributed by atoms with van der Waals surface area (Å²) in [5.41, 5.74) is 6.01. The number of aromatic nitrogens is 3. The molecule has 0 aliphatic heterocycles. The third kappa shape index (κ3) is 4.90. The van der Waals surface area contributed by atoms with Crippen molar-refractivity contribution in [2.45, 2.75) is 56.0 Å². The van der Waals surface area contributed by atoms with Crippen LogP contribution in [0.4, 0.5) is 4.79 Å². The van der Waals surface area contributed by atoms with Gasteiger partial charge in [0.1, 0.15) is 5.75 Å². The number of nitrogens with two attached hydrogens (primary N) is 1. The average molecular weight is 418 g/mol. The van der Waals surface area contributed by atoms with Gasteiger partial charge in [0, 0.05) is 11.6 Å². The topological polar surface area (TPSA) is 112 Å². The highest BCUT2D eigenvalue weighted by Gasteiger charge is 2.30. The fraction of sp³-hybridized carbons (Fsp3) is 0.500. The zero-order valence-corrected chi connectivity index (χ0v) is 17.7. The molecule has 0 saturated heterocycles. The second-order valence-corrected chi connectivity index (χ2v) is 8.66. The van der Waals surface area contributed by atoms with Gasteiger partial charge in [-0.1, -0.05) is 31.5 Å². The van der Waals surface area contributed by atoms with Crippen molar-refractivity contribution in [2.24, 2.45) is 11.7 Å². The molecule has 0 spiro atoms. The number of hydrogen-bond donors (Lipinski definition) is 2. The Morgan fingerprint density at radius 3 is 2.55 bits per heavy atom. The van der Waals surface area contributed by atoms with Gasteiger partial charge < -0.3 is 10.5 Å². The van der Waals surface area contributed by atoms with Gasteiger partial charge in [0.15, 0.2) is 11.0 Å². The van der Waals surface area contributed by atoms with E-state index in [1.165, 1.54) is 18.2 Å². The summed E-state index contributed by atoms with van der Waals surface area (Å²) in [5.74, 6) is 1.58. The summed E-state index contributed by atoms with van der Waals surface area (Å²) in [6.45, 7) is 3.97. The molecule has 1 saturated carbocycles. The molecular weight excluding hydrogens is 390 g/mol. The molecule has 1 aromatic carbocycles. The van der Waals surface area contributed by atoms with Crippen LogP contribution in [0.5, 0.6) is 5.75 Å². The zero-order valence-electron chi connectivity index (χ0n) is 16.9. The number of hydrogen-bond acceptors (Lipinski definition) is 6. The van der Waals surface area contributed by atoms with Crippen molar-refractivity contribution in [3.8, 4) is 17.1 Å². The lowest BCUT2D eigenvalue weighted by atomic mass is 9.85. The van der Waals surface area contributed by atoms with E-state index in [-0.39, 0.29) is 6.04 Å². The van der Waals surface area contributed by atoms with Crippen molar-refractivity contribution < 1.29 is 14.3 Å². The normalized spacial score (nSPS) is 20.1. The quantitative estimate of drug-likeness (QED) is 0.697. The first-order valence-corrected chi connectivity index (χ1v) is 10.6. The van der Waals surface area contributed by atoms with E-state index in [0.29, 0.717) is 11.1 Å². The van der Waals surface area contributed by atoms with Gasteiger partial charge in [0.25, 0.3) is 0 Å². The third-order valence-corrected chi connectivity index (χ3v) is 6.37. The van der Waals surface area contributed by atoms with Gasteiger partial charge in [-0.2, -0.15) is 0 Å². The number of thioether (sulfide) groups is 1. The zero-order chi connectivity index (χ0) is 21.0. The Labute approximate surface area is 174 Å². The molecule has 3 rings (SSSR count). The number of primary amides is 1. The molecule has 3 atom stereocenters. The number of benzene rings is 1. The van der Waals surface area contributed by atoms with Crippen LogP contribution in [0, 0.1) is 5.92 Å². The third-order valence-electron chi connectivity index (χ3n) is 5.31. The lowest BCUT2D eigenvalue weighted by Gasteiger charge is -2.31. The van der Waals surface area contributed by atoms with Gasteiger partial charge in [-0.3, -0.25) is 14.7 Å². The number of ether oxygens (including phenoxy) is 1. The second kappa shape index (κ2) is 9.30. The monoisotopic (exact) mass is 417 g/mol. The highest BCUT2D eigenvalue weighted by atomic mass is 32.2. The fourth-order valence-electron chi connectivity index (χ4n) is 3.71. The summed E-state index contributed by atoms with van der Waals surface area (Å²) in [6, 6.07) is 7.12. The second-order valence-electron chi connectivity index (χ2n) is 7.35. The minimum atomic E-state index is -0.858. The highest BCUT2D eigenvalue weighted by Crippen LogP contribution is 2.39. The Kier molecular flexibility index (Phi) is 6.79. The number of rotatable bonds is 6. The Morgan fingerprint density at radius 2 is 1.93 bits per heavy atom. The molecule has 3 amide bonds. The van der Waals surface area contributed by atoms with E-state index in [9.17, 15) is 9.59 Å². The number of urea groups is 1. The molecule has 8 nitrogen and oxygen atoms in total. The first kappa shape index (κ1) is 21.2. The van der Waals surface area contributed by atoms with Crippen molar-refractivity contribution >= 4 is 23.7 Å². The molecule has 29 heavy (non-hydrogen) atoms. The lowest BCUT2D eigenvalue weighted by Crippen LogP contribution is -2.39. The largest absolute Gasteiger partial charge is 0.497 e. The average Bonchev–Trinajstić information content (AvgIpc) is 3.11. The Morgan fingerprint density at radius 1 is 1.24 bits per heavy atom. The first-order valence-electron chi connectivity index (χ1n) is 9.77.